The standard InChI is InChI=1S/C18H32NS/c1-2-3-4-5-6-7-8-9-10-14-17-20-18-19-15-12-11-13-16-19/h11-13,15-16H,2-10,14,17-18H2,1H3/q+1. The maximum absolute atomic E-state index is 2.29. The van der Waals surface area contributed by atoms with E-state index in [-0.39, 0.29) is 0 Å². The molecule has 20 heavy (non-hydrogen) atoms. The van der Waals surface area contributed by atoms with E-state index >= 15 is 0 Å². The first kappa shape index (κ1) is 17.6. The molecule has 0 amide bonds. The van der Waals surface area contributed by atoms with Gasteiger partial charge in [-0.2, -0.15) is 4.57 Å². The van der Waals surface area contributed by atoms with Crippen LogP contribution in [0.3, 0.4) is 0 Å². The Balaban J connectivity index is 1.77. The Morgan fingerprint density at radius 3 is 1.85 bits per heavy atom. The van der Waals surface area contributed by atoms with Crippen LogP contribution in [0.5, 0.6) is 0 Å². The number of unbranched alkanes of at least 4 members (excludes halogenated alkanes) is 9. The number of rotatable bonds is 13. The Morgan fingerprint density at radius 1 is 0.700 bits per heavy atom. The minimum Gasteiger partial charge on any atom is -0.195 e. The van der Waals surface area contributed by atoms with E-state index in [9.17, 15) is 0 Å². The zero-order chi connectivity index (χ0) is 14.3. The number of pyridine rings is 1. The van der Waals surface area contributed by atoms with Crippen molar-refractivity contribution in [1.82, 2.24) is 0 Å². The van der Waals surface area contributed by atoms with Crippen molar-refractivity contribution in [2.75, 3.05) is 5.75 Å². The lowest BCUT2D eigenvalue weighted by Crippen LogP contribution is -2.30. The van der Waals surface area contributed by atoms with Gasteiger partial charge in [0, 0.05) is 12.1 Å². The average Bonchev–Trinajstić information content (AvgIpc) is 2.49. The van der Waals surface area contributed by atoms with E-state index in [1.165, 1.54) is 70.0 Å². The summed E-state index contributed by atoms with van der Waals surface area (Å²) in [6.07, 6.45) is 18.6. The van der Waals surface area contributed by atoms with Crippen LogP contribution in [0.15, 0.2) is 30.6 Å². The van der Waals surface area contributed by atoms with Gasteiger partial charge in [-0.3, -0.25) is 0 Å². The summed E-state index contributed by atoms with van der Waals surface area (Å²) >= 11 is 2.05. The van der Waals surface area contributed by atoms with Crippen LogP contribution in [0.25, 0.3) is 0 Å². The van der Waals surface area contributed by atoms with Gasteiger partial charge in [0.2, 0.25) is 0 Å². The molecule has 0 aliphatic rings. The first-order valence-corrected chi connectivity index (χ1v) is 9.61. The van der Waals surface area contributed by atoms with Crippen molar-refractivity contribution in [3.63, 3.8) is 0 Å². The van der Waals surface area contributed by atoms with Crippen LogP contribution in [0, 0.1) is 0 Å². The van der Waals surface area contributed by atoms with Crippen LogP contribution >= 0.6 is 11.8 Å². The third kappa shape index (κ3) is 10.3. The van der Waals surface area contributed by atoms with E-state index in [0.717, 1.165) is 5.88 Å². The molecule has 0 radical (unpaired) electrons. The molecular weight excluding hydrogens is 262 g/mol. The third-order valence-electron chi connectivity index (χ3n) is 3.66. The number of aromatic nitrogens is 1. The van der Waals surface area contributed by atoms with E-state index < -0.39 is 0 Å². The maximum Gasteiger partial charge on any atom is 0.194 e. The molecule has 0 aromatic carbocycles. The van der Waals surface area contributed by atoms with Crippen LogP contribution in [0.4, 0.5) is 0 Å². The van der Waals surface area contributed by atoms with Gasteiger partial charge in [-0.1, -0.05) is 82.5 Å². The highest BCUT2D eigenvalue weighted by atomic mass is 32.2. The first-order chi connectivity index (χ1) is 9.93. The molecule has 1 heterocycles. The molecule has 0 saturated heterocycles. The smallest absolute Gasteiger partial charge is 0.194 e. The van der Waals surface area contributed by atoms with Crippen LogP contribution in [-0.2, 0) is 5.88 Å². The number of nitrogens with zero attached hydrogens (tertiary/aromatic N) is 1. The summed E-state index contributed by atoms with van der Waals surface area (Å²) in [6, 6.07) is 6.27. The van der Waals surface area contributed by atoms with Crippen molar-refractivity contribution in [2.24, 2.45) is 0 Å². The Kier molecular flexibility index (Phi) is 11.8. The van der Waals surface area contributed by atoms with Gasteiger partial charge in [0.25, 0.3) is 0 Å². The van der Waals surface area contributed by atoms with Crippen LogP contribution in [-0.4, -0.2) is 5.75 Å². The van der Waals surface area contributed by atoms with Crippen molar-refractivity contribution in [1.29, 1.82) is 0 Å². The molecule has 0 unspecified atom stereocenters. The number of hydrogen-bond donors (Lipinski definition) is 0. The molecule has 114 valence electrons. The normalized spacial score (nSPS) is 10.8. The number of thioether (sulfide) groups is 1. The zero-order valence-corrected chi connectivity index (χ0v) is 14.0. The predicted octanol–water partition coefficient (Wildman–Crippen LogP) is 5.59. The molecule has 0 aliphatic heterocycles. The van der Waals surface area contributed by atoms with Gasteiger partial charge in [-0.05, 0) is 12.2 Å². The lowest BCUT2D eigenvalue weighted by Gasteiger charge is -2.02. The van der Waals surface area contributed by atoms with Crippen LogP contribution < -0.4 is 4.57 Å². The Labute approximate surface area is 130 Å². The fourth-order valence-corrected chi connectivity index (χ4v) is 3.30. The summed E-state index contributed by atoms with van der Waals surface area (Å²) in [7, 11) is 0. The van der Waals surface area contributed by atoms with E-state index in [1.807, 2.05) is 11.8 Å². The lowest BCUT2D eigenvalue weighted by atomic mass is 10.1. The van der Waals surface area contributed by atoms with Crippen molar-refractivity contribution in [3.05, 3.63) is 30.6 Å². The van der Waals surface area contributed by atoms with E-state index in [4.69, 9.17) is 0 Å². The average molecular weight is 295 g/mol. The quantitative estimate of drug-likeness (QED) is 0.339. The predicted molar refractivity (Wildman–Crippen MR) is 90.9 cm³/mol. The highest BCUT2D eigenvalue weighted by molar-refractivity contribution is 7.98. The van der Waals surface area contributed by atoms with E-state index in [0.29, 0.717) is 0 Å². The molecular formula is C18H32NS+. The Bertz CT molecular complexity index is 300. The summed E-state index contributed by atoms with van der Waals surface area (Å²) < 4.78 is 2.25. The maximum atomic E-state index is 2.29. The largest absolute Gasteiger partial charge is 0.195 e. The molecule has 1 aromatic rings. The van der Waals surface area contributed by atoms with Crippen molar-refractivity contribution in [2.45, 2.75) is 77.0 Å². The monoisotopic (exact) mass is 294 g/mol. The molecule has 0 bridgehead atoms. The highest BCUT2D eigenvalue weighted by Gasteiger charge is 1.98. The molecule has 1 rings (SSSR count). The van der Waals surface area contributed by atoms with Crippen molar-refractivity contribution in [3.8, 4) is 0 Å². The Morgan fingerprint density at radius 2 is 1.25 bits per heavy atom. The lowest BCUT2D eigenvalue weighted by molar-refractivity contribution is -0.675. The minimum atomic E-state index is 1.10. The molecule has 0 N–H and O–H groups in total. The summed E-state index contributed by atoms with van der Waals surface area (Å²) in [5.41, 5.74) is 0. The second-order valence-corrected chi connectivity index (χ2v) is 6.68. The summed E-state index contributed by atoms with van der Waals surface area (Å²) in [6.45, 7) is 2.29. The van der Waals surface area contributed by atoms with Crippen LogP contribution in [0.2, 0.25) is 0 Å². The molecule has 0 atom stereocenters. The van der Waals surface area contributed by atoms with Gasteiger partial charge < -0.3 is 0 Å². The van der Waals surface area contributed by atoms with Gasteiger partial charge in [-0.15, -0.1) is 0 Å². The fourth-order valence-electron chi connectivity index (χ4n) is 2.38. The van der Waals surface area contributed by atoms with Gasteiger partial charge in [-0.25, -0.2) is 0 Å². The summed E-state index contributed by atoms with van der Waals surface area (Å²) in [5, 5.41) is 0. The van der Waals surface area contributed by atoms with Gasteiger partial charge in [0.05, 0.1) is 0 Å². The highest BCUT2D eigenvalue weighted by Crippen LogP contribution is 2.12. The fraction of sp³-hybridized carbons (Fsp3) is 0.722. The minimum absolute atomic E-state index is 1.10. The second-order valence-electron chi connectivity index (χ2n) is 5.61. The number of hydrogen-bond acceptors (Lipinski definition) is 1. The first-order valence-electron chi connectivity index (χ1n) is 8.45. The second kappa shape index (κ2) is 13.5. The molecule has 0 saturated carbocycles. The Hall–Kier alpha value is -0.500. The van der Waals surface area contributed by atoms with Gasteiger partial charge in [0.1, 0.15) is 0 Å². The molecule has 1 nitrogen and oxygen atoms in total. The molecule has 0 aliphatic carbocycles. The third-order valence-corrected chi connectivity index (χ3v) is 4.72. The van der Waals surface area contributed by atoms with Gasteiger partial charge >= 0.3 is 0 Å². The zero-order valence-electron chi connectivity index (χ0n) is 13.2. The van der Waals surface area contributed by atoms with E-state index in [1.54, 1.807) is 0 Å². The molecule has 1 aromatic heterocycles. The summed E-state index contributed by atoms with van der Waals surface area (Å²) in [5.74, 6) is 2.40. The van der Waals surface area contributed by atoms with Crippen LogP contribution in [0.1, 0.15) is 71.1 Å². The van der Waals surface area contributed by atoms with Crippen molar-refractivity contribution >= 4 is 11.8 Å². The SMILES string of the molecule is CCCCCCCCCCCCSC[n+]1ccccc1. The molecule has 0 fully saturated rings. The van der Waals surface area contributed by atoms with E-state index in [2.05, 4.69) is 42.1 Å². The molecule has 2 heteroatoms. The van der Waals surface area contributed by atoms with Crippen molar-refractivity contribution < 1.29 is 4.57 Å². The topological polar surface area (TPSA) is 3.88 Å². The summed E-state index contributed by atoms with van der Waals surface area (Å²) in [4.78, 5) is 0. The van der Waals surface area contributed by atoms with Gasteiger partial charge in [0.15, 0.2) is 18.3 Å². The molecule has 0 spiro atoms.